The number of esters is 1. The number of hydrogen-bond acceptors (Lipinski definition) is 3. The fourth-order valence-electron chi connectivity index (χ4n) is 1.93. The lowest BCUT2D eigenvalue weighted by Gasteiger charge is -2.13. The van der Waals surface area contributed by atoms with Gasteiger partial charge in [-0.15, -0.1) is 0 Å². The number of hydrogen-bond donors (Lipinski definition) is 1. The highest BCUT2D eigenvalue weighted by molar-refractivity contribution is 5.73. The molecule has 1 N–H and O–H groups in total. The smallest absolute Gasteiger partial charge is 0.416 e. The molecule has 0 aliphatic carbocycles. The number of ether oxygens (including phenoxy) is 1. The van der Waals surface area contributed by atoms with E-state index in [1.165, 1.54) is 0 Å². The topological polar surface area (TPSA) is 46.5 Å². The summed E-state index contributed by atoms with van der Waals surface area (Å²) in [4.78, 5) is 11.7. The van der Waals surface area contributed by atoms with E-state index in [4.69, 9.17) is 4.74 Å². The minimum absolute atomic E-state index is 0.000885. The summed E-state index contributed by atoms with van der Waals surface area (Å²) in [7, 11) is 0. The molecule has 0 fully saturated rings. The minimum atomic E-state index is -4.65. The summed E-state index contributed by atoms with van der Waals surface area (Å²) in [6.45, 7) is -0.000885. The van der Waals surface area contributed by atoms with Crippen LogP contribution in [0.25, 0.3) is 0 Å². The molecule has 0 aromatic heterocycles. The second kappa shape index (κ2) is 6.51. The molecule has 0 atom stereocenters. The third kappa shape index (κ3) is 4.25. The summed E-state index contributed by atoms with van der Waals surface area (Å²) >= 11 is 0. The molecule has 6 heteroatoms. The number of aromatic hydroxyl groups is 1. The van der Waals surface area contributed by atoms with Crippen molar-refractivity contribution in [3.8, 4) is 5.75 Å². The second-order valence-electron chi connectivity index (χ2n) is 4.66. The van der Waals surface area contributed by atoms with Crippen LogP contribution in [-0.2, 0) is 28.7 Å². The number of alkyl halides is 3. The predicted octanol–water partition coefficient (Wildman–Crippen LogP) is 3.70. The molecule has 2 rings (SSSR count). The molecule has 0 bridgehead atoms. The van der Waals surface area contributed by atoms with Gasteiger partial charge >= 0.3 is 12.1 Å². The van der Waals surface area contributed by atoms with Crippen LogP contribution in [0.4, 0.5) is 13.2 Å². The number of halogens is 3. The van der Waals surface area contributed by atoms with Gasteiger partial charge in [0.1, 0.15) is 12.4 Å². The molecule has 22 heavy (non-hydrogen) atoms. The Kier molecular flexibility index (Phi) is 4.70. The molecule has 0 heterocycles. The summed E-state index contributed by atoms with van der Waals surface area (Å²) in [6, 6.07) is 11.6. The van der Waals surface area contributed by atoms with Crippen molar-refractivity contribution in [1.29, 1.82) is 0 Å². The first-order valence-electron chi connectivity index (χ1n) is 6.45. The van der Waals surface area contributed by atoms with Gasteiger partial charge < -0.3 is 9.84 Å². The van der Waals surface area contributed by atoms with E-state index >= 15 is 0 Å². The molecule has 0 unspecified atom stereocenters. The first kappa shape index (κ1) is 15.9. The van der Waals surface area contributed by atoms with Gasteiger partial charge in [-0.1, -0.05) is 36.4 Å². The van der Waals surface area contributed by atoms with Gasteiger partial charge in [0, 0.05) is 0 Å². The van der Waals surface area contributed by atoms with Crippen molar-refractivity contribution in [2.45, 2.75) is 19.2 Å². The summed E-state index contributed by atoms with van der Waals surface area (Å²) in [5.41, 5.74) is -0.523. The largest absolute Gasteiger partial charge is 0.508 e. The number of carbonyl (C=O) groups is 1. The number of phenols is 1. The van der Waals surface area contributed by atoms with Gasteiger partial charge in [0.25, 0.3) is 0 Å². The maximum Gasteiger partial charge on any atom is 0.416 e. The third-order valence-electron chi connectivity index (χ3n) is 2.98. The van der Waals surface area contributed by atoms with Gasteiger partial charge in [0.2, 0.25) is 0 Å². The molecular weight excluding hydrogens is 297 g/mol. The fourth-order valence-corrected chi connectivity index (χ4v) is 1.93. The van der Waals surface area contributed by atoms with Crippen molar-refractivity contribution in [2.24, 2.45) is 0 Å². The van der Waals surface area contributed by atoms with Crippen LogP contribution in [-0.4, -0.2) is 11.1 Å². The highest BCUT2D eigenvalue weighted by atomic mass is 19.4. The SMILES string of the molecule is O=C(Cc1ccc(O)cc1C(F)(F)F)OCc1ccccc1. The van der Waals surface area contributed by atoms with Gasteiger partial charge in [-0.2, -0.15) is 13.2 Å². The van der Waals surface area contributed by atoms with Crippen LogP contribution in [0.5, 0.6) is 5.75 Å². The Morgan fingerprint density at radius 1 is 1.09 bits per heavy atom. The zero-order chi connectivity index (χ0) is 16.2. The van der Waals surface area contributed by atoms with Gasteiger partial charge in [0.15, 0.2) is 0 Å². The maximum atomic E-state index is 12.9. The first-order chi connectivity index (χ1) is 10.4. The Morgan fingerprint density at radius 2 is 1.77 bits per heavy atom. The van der Waals surface area contributed by atoms with Crippen molar-refractivity contribution in [3.63, 3.8) is 0 Å². The van der Waals surface area contributed by atoms with E-state index in [9.17, 15) is 23.1 Å². The Hall–Kier alpha value is -2.50. The molecule has 0 saturated heterocycles. The van der Waals surface area contributed by atoms with Crippen LogP contribution in [0.15, 0.2) is 48.5 Å². The fraction of sp³-hybridized carbons (Fsp3) is 0.188. The van der Waals surface area contributed by atoms with Crippen LogP contribution < -0.4 is 0 Å². The molecule has 0 saturated carbocycles. The zero-order valence-electron chi connectivity index (χ0n) is 11.4. The Morgan fingerprint density at radius 3 is 2.41 bits per heavy atom. The Balaban J connectivity index is 2.06. The monoisotopic (exact) mass is 310 g/mol. The molecular formula is C16H13F3O3. The standard InChI is InChI=1S/C16H13F3O3/c17-16(18,19)14-9-13(20)7-6-12(14)8-15(21)22-10-11-4-2-1-3-5-11/h1-7,9,20H,8,10H2. The van der Waals surface area contributed by atoms with Gasteiger partial charge in [-0.25, -0.2) is 0 Å². The zero-order valence-corrected chi connectivity index (χ0v) is 11.4. The molecule has 3 nitrogen and oxygen atoms in total. The molecule has 0 amide bonds. The van der Waals surface area contributed by atoms with Crippen LogP contribution in [0, 0.1) is 0 Å². The Labute approximate surface area is 125 Å². The molecule has 2 aromatic carbocycles. The number of rotatable bonds is 4. The molecule has 0 radical (unpaired) electrons. The van der Waals surface area contributed by atoms with Crippen LogP contribution >= 0.6 is 0 Å². The molecule has 2 aromatic rings. The van der Waals surface area contributed by atoms with Crippen LogP contribution in [0.1, 0.15) is 16.7 Å². The van der Waals surface area contributed by atoms with Crippen molar-refractivity contribution in [1.82, 2.24) is 0 Å². The lowest BCUT2D eigenvalue weighted by molar-refractivity contribution is -0.145. The Bertz CT molecular complexity index is 651. The minimum Gasteiger partial charge on any atom is -0.508 e. The average molecular weight is 310 g/mol. The van der Waals surface area contributed by atoms with Crippen molar-refractivity contribution >= 4 is 5.97 Å². The van der Waals surface area contributed by atoms with Crippen LogP contribution in [0.2, 0.25) is 0 Å². The van der Waals surface area contributed by atoms with E-state index in [1.807, 2.05) is 0 Å². The van der Waals surface area contributed by atoms with E-state index in [2.05, 4.69) is 0 Å². The van der Waals surface area contributed by atoms with Gasteiger partial charge in [-0.05, 0) is 23.3 Å². The van der Waals surface area contributed by atoms with Crippen LogP contribution in [0.3, 0.4) is 0 Å². The van der Waals surface area contributed by atoms with E-state index in [0.29, 0.717) is 6.07 Å². The van der Waals surface area contributed by atoms with Gasteiger partial charge in [-0.3, -0.25) is 4.79 Å². The first-order valence-corrected chi connectivity index (χ1v) is 6.45. The lowest BCUT2D eigenvalue weighted by atomic mass is 10.0. The van der Waals surface area contributed by atoms with E-state index in [0.717, 1.165) is 17.7 Å². The summed E-state index contributed by atoms with van der Waals surface area (Å²) in [5.74, 6) is -1.27. The summed E-state index contributed by atoms with van der Waals surface area (Å²) in [6.07, 6.45) is -5.16. The highest BCUT2D eigenvalue weighted by Gasteiger charge is 2.34. The van der Waals surface area contributed by atoms with E-state index in [1.54, 1.807) is 30.3 Å². The lowest BCUT2D eigenvalue weighted by Crippen LogP contribution is -2.14. The molecule has 0 aliphatic rings. The molecule has 0 spiro atoms. The van der Waals surface area contributed by atoms with E-state index in [-0.39, 0.29) is 12.2 Å². The van der Waals surface area contributed by atoms with Crippen molar-refractivity contribution in [2.75, 3.05) is 0 Å². The number of benzene rings is 2. The molecule has 0 aliphatic heterocycles. The highest BCUT2D eigenvalue weighted by Crippen LogP contribution is 2.34. The predicted molar refractivity (Wildman–Crippen MR) is 73.1 cm³/mol. The van der Waals surface area contributed by atoms with E-state index < -0.39 is 29.9 Å². The third-order valence-corrected chi connectivity index (χ3v) is 2.98. The average Bonchev–Trinajstić information content (AvgIpc) is 2.47. The van der Waals surface area contributed by atoms with Crippen molar-refractivity contribution in [3.05, 3.63) is 65.2 Å². The number of phenolic OH excluding ortho intramolecular Hbond substituents is 1. The molecule has 116 valence electrons. The van der Waals surface area contributed by atoms with Crippen molar-refractivity contribution < 1.29 is 27.8 Å². The summed E-state index contributed by atoms with van der Waals surface area (Å²) < 4.78 is 43.6. The second-order valence-corrected chi connectivity index (χ2v) is 4.66. The quantitative estimate of drug-likeness (QED) is 0.876. The summed E-state index contributed by atoms with van der Waals surface area (Å²) in [5, 5.41) is 9.17. The maximum absolute atomic E-state index is 12.9. The normalized spacial score (nSPS) is 11.2. The number of carbonyl (C=O) groups excluding carboxylic acids is 1. The van der Waals surface area contributed by atoms with Gasteiger partial charge in [0.05, 0.1) is 12.0 Å².